The predicted molar refractivity (Wildman–Crippen MR) is 99.8 cm³/mol. The average Bonchev–Trinajstić information content (AvgIpc) is 2.88. The number of nitrogens with one attached hydrogen (secondary N) is 1. The number of fused-ring (bicyclic) bond motifs is 1. The van der Waals surface area contributed by atoms with Crippen molar-refractivity contribution >= 4 is 23.4 Å². The molecule has 0 spiro atoms. The van der Waals surface area contributed by atoms with Crippen LogP contribution in [0.1, 0.15) is 46.0 Å². The minimum atomic E-state index is -0.304. The van der Waals surface area contributed by atoms with Gasteiger partial charge >= 0.3 is 0 Å². The van der Waals surface area contributed by atoms with E-state index in [1.165, 1.54) is 4.90 Å². The Morgan fingerprint density at radius 2 is 1.96 bits per heavy atom. The molecule has 0 bridgehead atoms. The number of hydrogen-bond acceptors (Lipinski definition) is 5. The van der Waals surface area contributed by atoms with Crippen LogP contribution in [0.5, 0.6) is 5.88 Å². The number of carbonyl (C=O) groups excluding carboxylic acids is 3. The van der Waals surface area contributed by atoms with Crippen molar-refractivity contribution in [2.75, 3.05) is 18.5 Å². The molecule has 140 valence electrons. The molecule has 0 fully saturated rings. The van der Waals surface area contributed by atoms with Gasteiger partial charge in [0.05, 0.1) is 17.7 Å². The molecule has 1 N–H and O–H groups in total. The van der Waals surface area contributed by atoms with Crippen molar-refractivity contribution in [1.29, 1.82) is 0 Å². The number of ether oxygens (including phenoxy) is 1. The number of carbonyl (C=O) groups is 3. The fraction of sp³-hybridized carbons (Fsp3) is 0.300. The molecule has 3 rings (SSSR count). The summed E-state index contributed by atoms with van der Waals surface area (Å²) >= 11 is 0. The number of imide groups is 1. The van der Waals surface area contributed by atoms with Crippen LogP contribution in [-0.4, -0.2) is 40.8 Å². The molecule has 1 aliphatic heterocycles. The molecule has 7 nitrogen and oxygen atoms in total. The Bertz CT molecular complexity index is 895. The summed E-state index contributed by atoms with van der Waals surface area (Å²) in [6.07, 6.45) is 2.14. The summed E-state index contributed by atoms with van der Waals surface area (Å²) in [6, 6.07) is 8.63. The summed E-state index contributed by atoms with van der Waals surface area (Å²) in [4.78, 5) is 42.3. The fourth-order valence-electron chi connectivity index (χ4n) is 2.96. The van der Waals surface area contributed by atoms with E-state index < -0.39 is 0 Å². The van der Waals surface area contributed by atoms with Crippen LogP contribution in [-0.2, 0) is 4.79 Å². The molecule has 7 heteroatoms. The van der Waals surface area contributed by atoms with Crippen molar-refractivity contribution in [2.45, 2.75) is 26.7 Å². The first-order valence-electron chi connectivity index (χ1n) is 8.85. The highest BCUT2D eigenvalue weighted by Crippen LogP contribution is 2.24. The number of amides is 3. The molecule has 0 radical (unpaired) electrons. The lowest BCUT2D eigenvalue weighted by atomic mass is 10.1. The van der Waals surface area contributed by atoms with Crippen molar-refractivity contribution < 1.29 is 19.1 Å². The first-order valence-corrected chi connectivity index (χ1v) is 8.85. The van der Waals surface area contributed by atoms with Gasteiger partial charge in [0.2, 0.25) is 11.8 Å². The molecule has 0 unspecified atom stereocenters. The molecule has 1 aromatic carbocycles. The molecule has 0 aliphatic carbocycles. The maximum absolute atomic E-state index is 12.4. The normalized spacial score (nSPS) is 12.9. The average molecular weight is 367 g/mol. The summed E-state index contributed by atoms with van der Waals surface area (Å²) in [5.74, 6) is -0.466. The number of aryl methyl sites for hydroxylation is 1. The monoisotopic (exact) mass is 367 g/mol. The minimum absolute atomic E-state index is 0.174. The maximum Gasteiger partial charge on any atom is 0.261 e. The Balaban J connectivity index is 1.55. The van der Waals surface area contributed by atoms with Crippen LogP contribution in [0.2, 0.25) is 0 Å². The Hall–Kier alpha value is -3.22. The summed E-state index contributed by atoms with van der Waals surface area (Å²) in [5.41, 5.74) is 2.28. The standard InChI is InChI=1S/C20H21N3O4/c1-3-27-18-16(6-4-10-21-18)22-17(24)7-5-11-23-19(25)14-9-8-13(2)12-15(14)20(23)26/h4,6,8-10,12H,3,5,7,11H2,1-2H3,(H,22,24). The third-order valence-corrected chi connectivity index (χ3v) is 4.24. The van der Waals surface area contributed by atoms with Crippen LogP contribution >= 0.6 is 0 Å². The molecule has 0 saturated carbocycles. The van der Waals surface area contributed by atoms with E-state index in [0.717, 1.165) is 5.56 Å². The molecule has 3 amide bonds. The zero-order valence-electron chi connectivity index (χ0n) is 15.3. The molecular formula is C20H21N3O4. The van der Waals surface area contributed by atoms with Gasteiger partial charge in [-0.25, -0.2) is 4.98 Å². The summed E-state index contributed by atoms with van der Waals surface area (Å²) in [6.45, 7) is 4.35. The van der Waals surface area contributed by atoms with Gasteiger partial charge < -0.3 is 10.1 Å². The first-order chi connectivity index (χ1) is 13.0. The second-order valence-electron chi connectivity index (χ2n) is 6.25. The zero-order chi connectivity index (χ0) is 19.4. The van der Waals surface area contributed by atoms with Crippen LogP contribution < -0.4 is 10.1 Å². The van der Waals surface area contributed by atoms with Crippen LogP contribution in [0, 0.1) is 6.92 Å². The maximum atomic E-state index is 12.4. The molecule has 2 aromatic rings. The number of anilines is 1. The van der Waals surface area contributed by atoms with Crippen molar-refractivity contribution in [3.8, 4) is 5.88 Å². The van der Waals surface area contributed by atoms with Gasteiger partial charge in [0, 0.05) is 19.2 Å². The smallest absolute Gasteiger partial charge is 0.261 e. The Labute approximate surface area is 157 Å². The lowest BCUT2D eigenvalue weighted by molar-refractivity contribution is -0.116. The van der Waals surface area contributed by atoms with E-state index >= 15 is 0 Å². The SMILES string of the molecule is CCOc1ncccc1NC(=O)CCCN1C(=O)c2ccc(C)cc2C1=O. The van der Waals surface area contributed by atoms with E-state index in [0.29, 0.717) is 35.7 Å². The third-order valence-electron chi connectivity index (χ3n) is 4.24. The number of nitrogens with zero attached hydrogens (tertiary/aromatic N) is 2. The Morgan fingerprint density at radius 1 is 1.19 bits per heavy atom. The summed E-state index contributed by atoms with van der Waals surface area (Å²) < 4.78 is 5.37. The largest absolute Gasteiger partial charge is 0.476 e. The Morgan fingerprint density at radius 3 is 2.74 bits per heavy atom. The van der Waals surface area contributed by atoms with Crippen molar-refractivity contribution in [2.24, 2.45) is 0 Å². The number of rotatable bonds is 7. The quantitative estimate of drug-likeness (QED) is 0.760. The van der Waals surface area contributed by atoms with Gasteiger partial charge in [0.1, 0.15) is 5.69 Å². The molecular weight excluding hydrogens is 346 g/mol. The lowest BCUT2D eigenvalue weighted by Crippen LogP contribution is -2.31. The number of pyridine rings is 1. The highest BCUT2D eigenvalue weighted by Gasteiger charge is 2.34. The molecule has 27 heavy (non-hydrogen) atoms. The topological polar surface area (TPSA) is 88.6 Å². The van der Waals surface area contributed by atoms with Crippen LogP contribution in [0.15, 0.2) is 36.5 Å². The number of aromatic nitrogens is 1. The lowest BCUT2D eigenvalue weighted by Gasteiger charge is -2.14. The van der Waals surface area contributed by atoms with E-state index in [4.69, 9.17) is 4.74 Å². The van der Waals surface area contributed by atoms with E-state index in [1.54, 1.807) is 30.5 Å². The number of hydrogen-bond donors (Lipinski definition) is 1. The third kappa shape index (κ3) is 3.97. The van der Waals surface area contributed by atoms with E-state index in [2.05, 4.69) is 10.3 Å². The predicted octanol–water partition coefficient (Wildman–Crippen LogP) is 2.80. The van der Waals surface area contributed by atoms with Crippen molar-refractivity contribution in [3.05, 3.63) is 53.2 Å². The summed E-state index contributed by atoms with van der Waals surface area (Å²) in [7, 11) is 0. The van der Waals surface area contributed by atoms with Gasteiger partial charge in [-0.15, -0.1) is 0 Å². The fourth-order valence-corrected chi connectivity index (χ4v) is 2.96. The second-order valence-corrected chi connectivity index (χ2v) is 6.25. The van der Waals surface area contributed by atoms with Crippen LogP contribution in [0.4, 0.5) is 5.69 Å². The Kier molecular flexibility index (Phi) is 5.49. The van der Waals surface area contributed by atoms with E-state index in [-0.39, 0.29) is 30.7 Å². The van der Waals surface area contributed by atoms with Gasteiger partial charge in [-0.2, -0.15) is 0 Å². The molecule has 1 aliphatic rings. The molecule has 0 saturated heterocycles. The van der Waals surface area contributed by atoms with Crippen molar-refractivity contribution in [1.82, 2.24) is 9.88 Å². The van der Waals surface area contributed by atoms with E-state index in [1.807, 2.05) is 19.9 Å². The van der Waals surface area contributed by atoms with Gasteiger partial charge in [0.25, 0.3) is 11.8 Å². The van der Waals surface area contributed by atoms with Crippen molar-refractivity contribution in [3.63, 3.8) is 0 Å². The first kappa shape index (κ1) is 18.6. The molecule has 1 aromatic heterocycles. The number of benzene rings is 1. The molecule has 2 heterocycles. The van der Waals surface area contributed by atoms with Gasteiger partial charge in [-0.1, -0.05) is 11.6 Å². The van der Waals surface area contributed by atoms with Crippen LogP contribution in [0.3, 0.4) is 0 Å². The minimum Gasteiger partial charge on any atom is -0.476 e. The van der Waals surface area contributed by atoms with Gasteiger partial charge in [-0.05, 0) is 44.5 Å². The highest BCUT2D eigenvalue weighted by molar-refractivity contribution is 6.21. The van der Waals surface area contributed by atoms with E-state index in [9.17, 15) is 14.4 Å². The van der Waals surface area contributed by atoms with Gasteiger partial charge in [-0.3, -0.25) is 19.3 Å². The zero-order valence-corrected chi connectivity index (χ0v) is 15.3. The second kappa shape index (κ2) is 7.99. The van der Waals surface area contributed by atoms with Crippen LogP contribution in [0.25, 0.3) is 0 Å². The summed E-state index contributed by atoms with van der Waals surface area (Å²) in [5, 5.41) is 2.75. The molecule has 0 atom stereocenters. The van der Waals surface area contributed by atoms with Gasteiger partial charge in [0.15, 0.2) is 0 Å². The highest BCUT2D eigenvalue weighted by atomic mass is 16.5.